The van der Waals surface area contributed by atoms with Gasteiger partial charge in [-0.3, -0.25) is 4.79 Å². The maximum absolute atomic E-state index is 12.8. The molecule has 2 heterocycles. The highest BCUT2D eigenvalue weighted by Crippen LogP contribution is 2.41. The lowest BCUT2D eigenvalue weighted by molar-refractivity contribution is -0.138. The van der Waals surface area contributed by atoms with Crippen molar-refractivity contribution in [3.63, 3.8) is 0 Å². The Labute approximate surface area is 139 Å². The van der Waals surface area contributed by atoms with Gasteiger partial charge in [0.1, 0.15) is 0 Å². The summed E-state index contributed by atoms with van der Waals surface area (Å²) in [6.07, 6.45) is -1.85. The van der Waals surface area contributed by atoms with Crippen LogP contribution in [0.25, 0.3) is 0 Å². The Morgan fingerprint density at radius 1 is 1.12 bits per heavy atom. The van der Waals surface area contributed by atoms with Crippen molar-refractivity contribution in [1.29, 1.82) is 0 Å². The molecule has 0 aliphatic carbocycles. The molecule has 2 aliphatic rings. The molecular weight excluding hydrogens is 341 g/mol. The zero-order valence-corrected chi connectivity index (χ0v) is 14.1. The molecule has 24 heavy (non-hydrogen) atoms. The van der Waals surface area contributed by atoms with Gasteiger partial charge in [0.15, 0.2) is 15.6 Å². The molecule has 2 fully saturated rings. The first-order valence-corrected chi connectivity index (χ1v) is 9.66. The second-order valence-corrected chi connectivity index (χ2v) is 9.34. The average molecular weight is 360 g/mol. The third-order valence-electron chi connectivity index (χ3n) is 5.26. The van der Waals surface area contributed by atoms with Crippen LogP contribution in [-0.4, -0.2) is 24.7 Å². The van der Waals surface area contributed by atoms with Crippen molar-refractivity contribution in [2.45, 2.75) is 55.7 Å². The number of benzene rings is 1. The highest BCUT2D eigenvalue weighted by molar-refractivity contribution is 7.92. The van der Waals surface area contributed by atoms with Crippen molar-refractivity contribution in [1.82, 2.24) is 0 Å². The zero-order chi connectivity index (χ0) is 17.7. The van der Waals surface area contributed by atoms with Crippen LogP contribution in [0.3, 0.4) is 0 Å². The van der Waals surface area contributed by atoms with E-state index < -0.39 is 38.0 Å². The van der Waals surface area contributed by atoms with Crippen LogP contribution in [0.1, 0.15) is 53.6 Å². The molecule has 0 radical (unpaired) electrons. The Hall–Kier alpha value is -1.37. The lowest BCUT2D eigenvalue weighted by atomic mass is 9.84. The summed E-state index contributed by atoms with van der Waals surface area (Å²) in [6, 6.07) is 3.41. The number of Topliss-reactive ketones (excluding diaryl/α,β-unsaturated/α-hetero) is 1. The van der Waals surface area contributed by atoms with E-state index in [0.29, 0.717) is 12.8 Å². The molecule has 2 bridgehead atoms. The van der Waals surface area contributed by atoms with E-state index in [4.69, 9.17) is 0 Å². The predicted octanol–water partition coefficient (Wildman–Crippen LogP) is 3.94. The van der Waals surface area contributed by atoms with Gasteiger partial charge in [0, 0.05) is 11.5 Å². The van der Waals surface area contributed by atoms with Crippen molar-refractivity contribution < 1.29 is 26.4 Å². The lowest BCUT2D eigenvalue weighted by Crippen LogP contribution is -2.45. The summed E-state index contributed by atoms with van der Waals surface area (Å²) in [5, 5.41) is -0.955. The fraction of sp³-hybridized carbons (Fsp3) is 0.588. The lowest BCUT2D eigenvalue weighted by Gasteiger charge is -2.38. The Morgan fingerprint density at radius 3 is 2.21 bits per heavy atom. The molecule has 2 unspecified atom stereocenters. The number of aryl methyl sites for hydroxylation is 1. The highest BCUT2D eigenvalue weighted by Gasteiger charge is 2.46. The van der Waals surface area contributed by atoms with E-state index >= 15 is 0 Å². The summed E-state index contributed by atoms with van der Waals surface area (Å²) in [5.41, 5.74) is -0.498. The molecule has 1 aromatic rings. The van der Waals surface area contributed by atoms with Crippen molar-refractivity contribution in [3.8, 4) is 0 Å². The van der Waals surface area contributed by atoms with E-state index in [1.807, 2.05) is 0 Å². The van der Waals surface area contributed by atoms with Gasteiger partial charge in [0.2, 0.25) is 0 Å². The number of fused-ring (bicyclic) bond motifs is 2. The molecule has 0 saturated carbocycles. The van der Waals surface area contributed by atoms with Crippen molar-refractivity contribution in [3.05, 3.63) is 34.9 Å². The van der Waals surface area contributed by atoms with Gasteiger partial charge in [-0.1, -0.05) is 12.5 Å². The monoisotopic (exact) mass is 360 g/mol. The minimum absolute atomic E-state index is 0.0111. The summed E-state index contributed by atoms with van der Waals surface area (Å²) in [7, 11) is -3.15. The number of ketones is 1. The molecule has 2 aliphatic heterocycles. The molecule has 3 rings (SSSR count). The molecule has 0 N–H and O–H groups in total. The third-order valence-corrected chi connectivity index (χ3v) is 7.98. The fourth-order valence-corrected chi connectivity index (χ4v) is 6.53. The summed E-state index contributed by atoms with van der Waals surface area (Å²) < 4.78 is 63.0. The fourth-order valence-electron chi connectivity index (χ4n) is 3.99. The molecular formula is C17H19F3O3S. The predicted molar refractivity (Wildman–Crippen MR) is 83.6 cm³/mol. The first kappa shape index (κ1) is 17.5. The second kappa shape index (κ2) is 5.86. The Bertz CT molecular complexity index is 748. The van der Waals surface area contributed by atoms with Gasteiger partial charge in [0.25, 0.3) is 0 Å². The van der Waals surface area contributed by atoms with E-state index in [1.54, 1.807) is 0 Å². The maximum Gasteiger partial charge on any atom is 0.416 e. The Kier molecular flexibility index (Phi) is 4.26. The van der Waals surface area contributed by atoms with Gasteiger partial charge in [-0.2, -0.15) is 13.2 Å². The largest absolute Gasteiger partial charge is 0.416 e. The molecule has 0 amide bonds. The van der Waals surface area contributed by atoms with Gasteiger partial charge in [0.05, 0.1) is 16.1 Å². The van der Waals surface area contributed by atoms with Crippen LogP contribution in [0.5, 0.6) is 0 Å². The summed E-state index contributed by atoms with van der Waals surface area (Å²) in [4.78, 5) is 12.7. The Balaban J connectivity index is 1.84. The molecule has 3 nitrogen and oxygen atoms in total. The third kappa shape index (κ3) is 2.98. The number of rotatable bonds is 2. The molecule has 0 spiro atoms. The minimum Gasteiger partial charge on any atom is -0.294 e. The van der Waals surface area contributed by atoms with Crippen LogP contribution >= 0.6 is 0 Å². The number of carbonyl (C=O) groups excluding carboxylic acids is 1. The van der Waals surface area contributed by atoms with Gasteiger partial charge in [-0.05, 0) is 50.3 Å². The van der Waals surface area contributed by atoms with Crippen LogP contribution in [0, 0.1) is 12.8 Å². The number of halogens is 3. The van der Waals surface area contributed by atoms with E-state index in [0.717, 1.165) is 12.5 Å². The van der Waals surface area contributed by atoms with Crippen molar-refractivity contribution in [2.24, 2.45) is 5.92 Å². The summed E-state index contributed by atoms with van der Waals surface area (Å²) >= 11 is 0. The second-order valence-electron chi connectivity index (χ2n) is 6.82. The number of alkyl halides is 3. The molecule has 2 atom stereocenters. The van der Waals surface area contributed by atoms with Crippen LogP contribution in [0.15, 0.2) is 18.2 Å². The number of carbonyl (C=O) groups is 1. The average Bonchev–Trinajstić information content (AvgIpc) is 2.43. The van der Waals surface area contributed by atoms with Gasteiger partial charge < -0.3 is 0 Å². The van der Waals surface area contributed by atoms with Gasteiger partial charge in [-0.15, -0.1) is 0 Å². The van der Waals surface area contributed by atoms with E-state index in [9.17, 15) is 26.4 Å². The number of hydrogen-bond donors (Lipinski definition) is 0. The van der Waals surface area contributed by atoms with Crippen LogP contribution < -0.4 is 0 Å². The van der Waals surface area contributed by atoms with Gasteiger partial charge >= 0.3 is 6.18 Å². The Morgan fingerprint density at radius 2 is 1.71 bits per heavy atom. The zero-order valence-electron chi connectivity index (χ0n) is 13.3. The van der Waals surface area contributed by atoms with E-state index in [-0.39, 0.29) is 29.8 Å². The first-order chi connectivity index (χ1) is 11.1. The number of hydrogen-bond acceptors (Lipinski definition) is 3. The van der Waals surface area contributed by atoms with Gasteiger partial charge in [-0.25, -0.2) is 8.42 Å². The topological polar surface area (TPSA) is 51.2 Å². The quantitative estimate of drug-likeness (QED) is 0.751. The molecule has 0 aromatic heterocycles. The van der Waals surface area contributed by atoms with Crippen LogP contribution in [0.4, 0.5) is 13.2 Å². The number of sulfone groups is 1. The standard InChI is InChI=1S/C17H19F3O3S/c1-10-7-11(5-6-15(10)17(18,19)20)16(21)12-8-13-3-2-4-14(9-12)24(13,22)23/h5-7,12-14H,2-4,8-9H2,1H3. The molecule has 7 heteroatoms. The minimum atomic E-state index is -4.44. The molecule has 132 valence electrons. The van der Waals surface area contributed by atoms with E-state index in [1.165, 1.54) is 19.1 Å². The van der Waals surface area contributed by atoms with Crippen LogP contribution in [0.2, 0.25) is 0 Å². The summed E-state index contributed by atoms with van der Waals surface area (Å²) in [6.45, 7) is 1.33. The summed E-state index contributed by atoms with van der Waals surface area (Å²) in [5.74, 6) is -0.654. The van der Waals surface area contributed by atoms with Crippen molar-refractivity contribution in [2.75, 3.05) is 0 Å². The first-order valence-electron chi connectivity index (χ1n) is 8.05. The van der Waals surface area contributed by atoms with Crippen molar-refractivity contribution >= 4 is 15.6 Å². The molecule has 2 saturated heterocycles. The highest BCUT2D eigenvalue weighted by atomic mass is 32.2. The van der Waals surface area contributed by atoms with Crippen LogP contribution in [-0.2, 0) is 16.0 Å². The maximum atomic E-state index is 12.8. The normalized spacial score (nSPS) is 29.2. The molecule has 1 aromatic carbocycles. The smallest absolute Gasteiger partial charge is 0.294 e. The van der Waals surface area contributed by atoms with E-state index in [2.05, 4.69) is 0 Å². The SMILES string of the molecule is Cc1cc(C(=O)C2CC3CCCC(C2)S3(=O)=O)ccc1C(F)(F)F.